The van der Waals surface area contributed by atoms with Crippen molar-refractivity contribution in [3.63, 3.8) is 0 Å². The van der Waals surface area contributed by atoms with Gasteiger partial charge in [0, 0.05) is 23.9 Å². The molecule has 0 bridgehead atoms. The van der Waals surface area contributed by atoms with Gasteiger partial charge in [0.05, 0.1) is 11.4 Å². The van der Waals surface area contributed by atoms with Crippen molar-refractivity contribution in [2.45, 2.75) is 37.6 Å². The molecule has 0 radical (unpaired) electrons. The summed E-state index contributed by atoms with van der Waals surface area (Å²) in [6.07, 6.45) is 1.25. The number of carbonyl (C=O) groups excluding carboxylic acids is 2. The van der Waals surface area contributed by atoms with Gasteiger partial charge in [-0.15, -0.1) is 11.8 Å². The van der Waals surface area contributed by atoms with Crippen LogP contribution in [0.15, 0.2) is 29.2 Å². The number of fused-ring (bicyclic) bond motifs is 1. The second kappa shape index (κ2) is 6.79. The lowest BCUT2D eigenvalue weighted by molar-refractivity contribution is -0.121. The van der Waals surface area contributed by atoms with Crippen LogP contribution in [0.2, 0.25) is 0 Å². The van der Waals surface area contributed by atoms with Crippen LogP contribution in [0, 0.1) is 0 Å². The average Bonchev–Trinajstić information content (AvgIpc) is 2.46. The van der Waals surface area contributed by atoms with Gasteiger partial charge < -0.3 is 10.2 Å². The SMILES string of the molecule is CC[C@H](C)NC(=O)CCN1C(=O)CSc2ccccc21. The Labute approximate surface area is 123 Å². The Kier molecular flexibility index (Phi) is 5.06. The summed E-state index contributed by atoms with van der Waals surface area (Å²) in [5.74, 6) is 0.525. The molecule has 4 nitrogen and oxygen atoms in total. The number of para-hydroxylation sites is 1. The molecule has 0 aliphatic carbocycles. The highest BCUT2D eigenvalue weighted by molar-refractivity contribution is 8.00. The first kappa shape index (κ1) is 14.9. The van der Waals surface area contributed by atoms with E-state index < -0.39 is 0 Å². The zero-order valence-electron chi connectivity index (χ0n) is 11.9. The van der Waals surface area contributed by atoms with Crippen molar-refractivity contribution in [3.05, 3.63) is 24.3 Å². The minimum absolute atomic E-state index is 0.00265. The van der Waals surface area contributed by atoms with Gasteiger partial charge in [-0.25, -0.2) is 0 Å². The lowest BCUT2D eigenvalue weighted by Gasteiger charge is -2.28. The van der Waals surface area contributed by atoms with Crippen molar-refractivity contribution < 1.29 is 9.59 Å². The van der Waals surface area contributed by atoms with Crippen LogP contribution >= 0.6 is 11.8 Å². The molecule has 1 aromatic carbocycles. The van der Waals surface area contributed by atoms with E-state index in [2.05, 4.69) is 5.32 Å². The van der Waals surface area contributed by atoms with Crippen molar-refractivity contribution in [1.29, 1.82) is 0 Å². The summed E-state index contributed by atoms with van der Waals surface area (Å²) >= 11 is 1.56. The Morgan fingerprint density at radius 2 is 2.20 bits per heavy atom. The third-order valence-electron chi connectivity index (χ3n) is 3.39. The first-order chi connectivity index (χ1) is 9.61. The topological polar surface area (TPSA) is 49.4 Å². The molecule has 1 atom stereocenters. The van der Waals surface area contributed by atoms with Crippen LogP contribution < -0.4 is 10.2 Å². The Bertz CT molecular complexity index is 504. The summed E-state index contributed by atoms with van der Waals surface area (Å²) in [5.41, 5.74) is 0.921. The normalized spacial score (nSPS) is 15.7. The summed E-state index contributed by atoms with van der Waals surface area (Å²) in [6, 6.07) is 8.02. The fourth-order valence-electron chi connectivity index (χ4n) is 2.06. The predicted molar refractivity (Wildman–Crippen MR) is 82.0 cm³/mol. The number of hydrogen-bond donors (Lipinski definition) is 1. The number of nitrogens with one attached hydrogen (secondary N) is 1. The number of carbonyl (C=O) groups is 2. The predicted octanol–water partition coefficient (Wildman–Crippen LogP) is 2.43. The zero-order chi connectivity index (χ0) is 14.5. The summed E-state index contributed by atoms with van der Waals surface area (Å²) in [7, 11) is 0. The molecule has 20 heavy (non-hydrogen) atoms. The maximum Gasteiger partial charge on any atom is 0.237 e. The molecule has 0 aromatic heterocycles. The Balaban J connectivity index is 1.99. The summed E-state index contributed by atoms with van der Waals surface area (Å²) in [5, 5.41) is 2.93. The van der Waals surface area contributed by atoms with E-state index in [1.165, 1.54) is 0 Å². The molecule has 108 valence electrons. The molecule has 2 amide bonds. The molecule has 1 N–H and O–H groups in total. The molecule has 1 aliphatic heterocycles. The molecule has 5 heteroatoms. The van der Waals surface area contributed by atoms with Crippen molar-refractivity contribution in [3.8, 4) is 0 Å². The standard InChI is InChI=1S/C15H20N2O2S/c1-3-11(2)16-14(18)8-9-17-12-6-4-5-7-13(12)20-10-15(17)19/h4-7,11H,3,8-10H2,1-2H3,(H,16,18)/t11-/m0/s1. The zero-order valence-corrected chi connectivity index (χ0v) is 12.7. The second-order valence-corrected chi connectivity index (χ2v) is 5.95. The molecule has 0 saturated carbocycles. The fourth-order valence-corrected chi connectivity index (χ4v) is 3.00. The smallest absolute Gasteiger partial charge is 0.237 e. The van der Waals surface area contributed by atoms with Gasteiger partial charge in [-0.2, -0.15) is 0 Å². The first-order valence-electron chi connectivity index (χ1n) is 6.93. The quantitative estimate of drug-likeness (QED) is 0.907. The van der Waals surface area contributed by atoms with Crippen molar-refractivity contribution in [2.24, 2.45) is 0 Å². The van der Waals surface area contributed by atoms with Gasteiger partial charge in [0.15, 0.2) is 0 Å². The lowest BCUT2D eigenvalue weighted by Crippen LogP contribution is -2.39. The number of anilines is 1. The van der Waals surface area contributed by atoms with Gasteiger partial charge in [0.1, 0.15) is 0 Å². The molecule has 1 heterocycles. The van der Waals surface area contributed by atoms with E-state index in [0.29, 0.717) is 18.7 Å². The van der Waals surface area contributed by atoms with Gasteiger partial charge in [0.25, 0.3) is 0 Å². The third kappa shape index (κ3) is 3.54. The number of rotatable bonds is 5. The molecular weight excluding hydrogens is 272 g/mol. The van der Waals surface area contributed by atoms with E-state index in [0.717, 1.165) is 17.0 Å². The van der Waals surface area contributed by atoms with Gasteiger partial charge in [-0.05, 0) is 25.5 Å². The van der Waals surface area contributed by atoms with E-state index in [9.17, 15) is 9.59 Å². The maximum atomic E-state index is 12.0. The van der Waals surface area contributed by atoms with Crippen LogP contribution in [0.1, 0.15) is 26.7 Å². The van der Waals surface area contributed by atoms with Crippen LogP contribution in [-0.2, 0) is 9.59 Å². The molecule has 0 spiro atoms. The van der Waals surface area contributed by atoms with Gasteiger partial charge >= 0.3 is 0 Å². The highest BCUT2D eigenvalue weighted by Crippen LogP contribution is 2.34. The van der Waals surface area contributed by atoms with Crippen LogP contribution in [0.4, 0.5) is 5.69 Å². The molecule has 0 fully saturated rings. The second-order valence-electron chi connectivity index (χ2n) is 4.93. The average molecular weight is 292 g/mol. The molecular formula is C15H20N2O2S. The third-order valence-corrected chi connectivity index (χ3v) is 4.44. The van der Waals surface area contributed by atoms with Crippen molar-refractivity contribution in [1.82, 2.24) is 5.32 Å². The van der Waals surface area contributed by atoms with E-state index in [4.69, 9.17) is 0 Å². The number of amides is 2. The van der Waals surface area contributed by atoms with E-state index in [1.807, 2.05) is 38.1 Å². The highest BCUT2D eigenvalue weighted by Gasteiger charge is 2.24. The first-order valence-corrected chi connectivity index (χ1v) is 7.92. The number of benzene rings is 1. The van der Waals surface area contributed by atoms with Crippen LogP contribution in [0.5, 0.6) is 0 Å². The Morgan fingerprint density at radius 3 is 2.95 bits per heavy atom. The van der Waals surface area contributed by atoms with Gasteiger partial charge in [-0.1, -0.05) is 19.1 Å². The van der Waals surface area contributed by atoms with Crippen LogP contribution in [0.25, 0.3) is 0 Å². The minimum Gasteiger partial charge on any atom is -0.354 e. The van der Waals surface area contributed by atoms with E-state index >= 15 is 0 Å². The van der Waals surface area contributed by atoms with Crippen LogP contribution in [-0.4, -0.2) is 30.2 Å². The highest BCUT2D eigenvalue weighted by atomic mass is 32.2. The molecule has 0 saturated heterocycles. The number of thioether (sulfide) groups is 1. The van der Waals surface area contributed by atoms with E-state index in [-0.39, 0.29) is 17.9 Å². The Morgan fingerprint density at radius 1 is 1.45 bits per heavy atom. The van der Waals surface area contributed by atoms with E-state index in [1.54, 1.807) is 16.7 Å². The summed E-state index contributed by atoms with van der Waals surface area (Å²) in [6.45, 7) is 4.46. The monoisotopic (exact) mass is 292 g/mol. The molecule has 1 aliphatic rings. The molecule has 0 unspecified atom stereocenters. The van der Waals surface area contributed by atoms with Gasteiger partial charge in [-0.3, -0.25) is 9.59 Å². The van der Waals surface area contributed by atoms with Crippen molar-refractivity contribution in [2.75, 3.05) is 17.2 Å². The number of nitrogens with zero attached hydrogens (tertiary/aromatic N) is 1. The minimum atomic E-state index is 0.00265. The van der Waals surface area contributed by atoms with Crippen LogP contribution in [0.3, 0.4) is 0 Å². The fraction of sp³-hybridized carbons (Fsp3) is 0.467. The summed E-state index contributed by atoms with van der Waals surface area (Å²) in [4.78, 5) is 26.7. The largest absolute Gasteiger partial charge is 0.354 e. The molecule has 1 aromatic rings. The maximum absolute atomic E-state index is 12.0. The Hall–Kier alpha value is -1.49. The summed E-state index contributed by atoms with van der Waals surface area (Å²) < 4.78 is 0. The lowest BCUT2D eigenvalue weighted by atomic mass is 10.2. The van der Waals surface area contributed by atoms with Gasteiger partial charge in [0.2, 0.25) is 11.8 Å². The molecule has 2 rings (SSSR count). The number of hydrogen-bond acceptors (Lipinski definition) is 3. The van der Waals surface area contributed by atoms with Crippen molar-refractivity contribution >= 4 is 29.3 Å².